The first kappa shape index (κ1) is 16.9. The lowest BCUT2D eigenvalue weighted by atomic mass is 10.2. The molecule has 2 N–H and O–H groups in total. The van der Waals surface area contributed by atoms with Crippen LogP contribution in [0.3, 0.4) is 0 Å². The fourth-order valence-electron chi connectivity index (χ4n) is 1.69. The van der Waals surface area contributed by atoms with Crippen molar-refractivity contribution < 1.29 is 18.4 Å². The van der Waals surface area contributed by atoms with Gasteiger partial charge in [-0.15, -0.1) is 0 Å². The van der Waals surface area contributed by atoms with Gasteiger partial charge in [-0.2, -0.15) is 0 Å². The Morgan fingerprint density at radius 3 is 2.65 bits per heavy atom. The van der Waals surface area contributed by atoms with Gasteiger partial charge < -0.3 is 19.3 Å². The SMILES string of the molecule is Cc1oc(CCC(N)=O)cc1COCCO[Si](C)(C)C. The maximum absolute atomic E-state index is 10.7. The Morgan fingerprint density at radius 1 is 1.35 bits per heavy atom. The lowest BCUT2D eigenvalue weighted by Crippen LogP contribution is -2.27. The van der Waals surface area contributed by atoms with Crippen LogP contribution in [-0.4, -0.2) is 27.4 Å². The van der Waals surface area contributed by atoms with Crippen LogP contribution in [0.1, 0.15) is 23.5 Å². The highest BCUT2D eigenvalue weighted by Crippen LogP contribution is 2.17. The molecule has 0 saturated carbocycles. The topological polar surface area (TPSA) is 74.7 Å². The van der Waals surface area contributed by atoms with E-state index >= 15 is 0 Å². The minimum absolute atomic E-state index is 0.303. The monoisotopic (exact) mass is 299 g/mol. The minimum Gasteiger partial charge on any atom is -0.466 e. The van der Waals surface area contributed by atoms with E-state index in [2.05, 4.69) is 19.6 Å². The van der Waals surface area contributed by atoms with Crippen LogP contribution in [0, 0.1) is 6.92 Å². The van der Waals surface area contributed by atoms with E-state index in [1.54, 1.807) is 0 Å². The number of amides is 1. The summed E-state index contributed by atoms with van der Waals surface area (Å²) in [6, 6.07) is 1.93. The molecule has 5 nitrogen and oxygen atoms in total. The summed E-state index contributed by atoms with van der Waals surface area (Å²) in [7, 11) is -1.46. The molecule has 0 aliphatic heterocycles. The summed E-state index contributed by atoms with van der Waals surface area (Å²) >= 11 is 0. The van der Waals surface area contributed by atoms with Crippen molar-refractivity contribution in [2.75, 3.05) is 13.2 Å². The Hall–Kier alpha value is -1.11. The lowest BCUT2D eigenvalue weighted by molar-refractivity contribution is -0.118. The molecule has 114 valence electrons. The summed E-state index contributed by atoms with van der Waals surface area (Å²) in [5, 5.41) is 0. The predicted molar refractivity (Wildman–Crippen MR) is 79.9 cm³/mol. The highest BCUT2D eigenvalue weighted by atomic mass is 28.4. The summed E-state index contributed by atoms with van der Waals surface area (Å²) < 4.78 is 16.9. The van der Waals surface area contributed by atoms with E-state index in [4.69, 9.17) is 19.3 Å². The molecule has 0 unspecified atom stereocenters. The first-order valence-electron chi connectivity index (χ1n) is 6.86. The fraction of sp³-hybridized carbons (Fsp3) is 0.643. The van der Waals surface area contributed by atoms with Gasteiger partial charge in [0.25, 0.3) is 0 Å². The molecular weight excluding hydrogens is 274 g/mol. The Balaban J connectivity index is 2.31. The summed E-state index contributed by atoms with van der Waals surface area (Å²) in [5.74, 6) is 1.29. The van der Waals surface area contributed by atoms with Crippen molar-refractivity contribution >= 4 is 14.2 Å². The highest BCUT2D eigenvalue weighted by Gasteiger charge is 2.13. The maximum Gasteiger partial charge on any atom is 0.217 e. The van der Waals surface area contributed by atoms with Crippen LogP contribution in [0.5, 0.6) is 0 Å². The molecule has 1 heterocycles. The first-order valence-corrected chi connectivity index (χ1v) is 10.3. The molecule has 0 aliphatic rings. The van der Waals surface area contributed by atoms with Gasteiger partial charge in [0, 0.05) is 18.4 Å². The Kier molecular flexibility index (Phi) is 6.45. The number of furan rings is 1. The number of carbonyl (C=O) groups is 1. The van der Waals surface area contributed by atoms with Gasteiger partial charge in [0.2, 0.25) is 5.91 Å². The molecule has 0 radical (unpaired) electrons. The van der Waals surface area contributed by atoms with Gasteiger partial charge in [0.1, 0.15) is 11.5 Å². The van der Waals surface area contributed by atoms with Crippen LogP contribution in [0.4, 0.5) is 0 Å². The van der Waals surface area contributed by atoms with Crippen LogP contribution in [0.15, 0.2) is 10.5 Å². The number of carbonyl (C=O) groups excluding carboxylic acids is 1. The zero-order valence-corrected chi connectivity index (χ0v) is 13.8. The third-order valence-corrected chi connectivity index (χ3v) is 3.78. The Morgan fingerprint density at radius 2 is 2.05 bits per heavy atom. The standard InChI is InChI=1S/C14H25NO4Si/c1-11-12(9-13(19-11)5-6-14(15)16)10-17-7-8-18-20(2,3)4/h9H,5-8,10H2,1-4H3,(H2,15,16). The minimum atomic E-state index is -1.46. The van der Waals surface area contributed by atoms with E-state index < -0.39 is 8.32 Å². The van der Waals surface area contributed by atoms with Crippen molar-refractivity contribution in [2.24, 2.45) is 5.73 Å². The van der Waals surface area contributed by atoms with Gasteiger partial charge >= 0.3 is 0 Å². The van der Waals surface area contributed by atoms with E-state index in [-0.39, 0.29) is 5.91 Å². The second-order valence-corrected chi connectivity index (χ2v) is 10.3. The second-order valence-electron chi connectivity index (χ2n) is 5.77. The van der Waals surface area contributed by atoms with E-state index in [9.17, 15) is 4.79 Å². The van der Waals surface area contributed by atoms with E-state index in [1.165, 1.54) is 0 Å². The van der Waals surface area contributed by atoms with Gasteiger partial charge in [-0.1, -0.05) is 0 Å². The average Bonchev–Trinajstić information content (AvgIpc) is 2.66. The van der Waals surface area contributed by atoms with Gasteiger partial charge in [-0.05, 0) is 32.6 Å². The first-order chi connectivity index (χ1) is 9.28. The van der Waals surface area contributed by atoms with E-state index in [0.29, 0.717) is 32.7 Å². The molecular formula is C14H25NO4Si. The van der Waals surface area contributed by atoms with Gasteiger partial charge in [0.05, 0.1) is 19.8 Å². The molecule has 0 bridgehead atoms. The molecule has 1 rings (SSSR count). The largest absolute Gasteiger partial charge is 0.466 e. The quantitative estimate of drug-likeness (QED) is 0.561. The van der Waals surface area contributed by atoms with Gasteiger partial charge in [-0.25, -0.2) is 0 Å². The molecule has 0 fully saturated rings. The third-order valence-electron chi connectivity index (χ3n) is 2.71. The summed E-state index contributed by atoms with van der Waals surface area (Å²) in [6.07, 6.45) is 0.839. The number of rotatable bonds is 9. The third kappa shape index (κ3) is 6.88. The van der Waals surface area contributed by atoms with Crippen molar-refractivity contribution in [3.05, 3.63) is 23.2 Å². The average molecular weight is 299 g/mol. The van der Waals surface area contributed by atoms with Gasteiger partial charge in [0.15, 0.2) is 8.32 Å². The molecule has 0 saturated heterocycles. The number of aryl methyl sites for hydroxylation is 2. The van der Waals surface area contributed by atoms with Crippen LogP contribution < -0.4 is 5.73 Å². The van der Waals surface area contributed by atoms with Gasteiger partial charge in [-0.3, -0.25) is 4.79 Å². The maximum atomic E-state index is 10.7. The molecule has 0 aliphatic carbocycles. The van der Waals surface area contributed by atoms with Crippen molar-refractivity contribution in [3.63, 3.8) is 0 Å². The molecule has 1 amide bonds. The summed E-state index contributed by atoms with van der Waals surface area (Å²) in [4.78, 5) is 10.7. The van der Waals surface area contributed by atoms with Crippen LogP contribution in [0.25, 0.3) is 0 Å². The molecule has 6 heteroatoms. The normalized spacial score (nSPS) is 11.8. The number of primary amides is 1. The Labute approximate surface area is 121 Å². The molecule has 20 heavy (non-hydrogen) atoms. The van der Waals surface area contributed by atoms with Crippen molar-refractivity contribution in [1.82, 2.24) is 0 Å². The van der Waals surface area contributed by atoms with Crippen LogP contribution in [0.2, 0.25) is 19.6 Å². The zero-order chi connectivity index (χ0) is 15.2. The van der Waals surface area contributed by atoms with E-state index in [1.807, 2.05) is 13.0 Å². The van der Waals surface area contributed by atoms with Crippen molar-refractivity contribution in [3.8, 4) is 0 Å². The van der Waals surface area contributed by atoms with Crippen molar-refractivity contribution in [2.45, 2.75) is 46.0 Å². The number of hydrogen-bond donors (Lipinski definition) is 1. The lowest BCUT2D eigenvalue weighted by Gasteiger charge is -2.16. The number of nitrogens with two attached hydrogens (primary N) is 1. The fourth-order valence-corrected chi connectivity index (χ4v) is 2.39. The van der Waals surface area contributed by atoms with Crippen LogP contribution >= 0.6 is 0 Å². The molecule has 1 aromatic rings. The molecule has 0 atom stereocenters. The Bertz CT molecular complexity index is 437. The van der Waals surface area contributed by atoms with Crippen molar-refractivity contribution in [1.29, 1.82) is 0 Å². The number of ether oxygens (including phenoxy) is 1. The molecule has 0 aromatic carbocycles. The number of hydrogen-bond acceptors (Lipinski definition) is 4. The second kappa shape index (κ2) is 7.61. The van der Waals surface area contributed by atoms with E-state index in [0.717, 1.165) is 17.1 Å². The smallest absolute Gasteiger partial charge is 0.217 e. The summed E-state index contributed by atoms with van der Waals surface area (Å²) in [6.45, 7) is 10.0. The predicted octanol–water partition coefficient (Wildman–Crippen LogP) is 2.37. The molecule has 1 aromatic heterocycles. The zero-order valence-electron chi connectivity index (χ0n) is 12.8. The highest BCUT2D eigenvalue weighted by molar-refractivity contribution is 6.69. The summed E-state index contributed by atoms with van der Waals surface area (Å²) in [5.41, 5.74) is 6.13. The molecule has 0 spiro atoms. The van der Waals surface area contributed by atoms with Crippen LogP contribution in [-0.2, 0) is 27.0 Å².